The van der Waals surface area contributed by atoms with Crippen LogP contribution in [0.4, 0.5) is 13.2 Å². The number of methoxy groups -OCH3 is 1. The predicted octanol–water partition coefficient (Wildman–Crippen LogP) is 1.61. The molecule has 1 rings (SSSR count). The second kappa shape index (κ2) is 8.60. The van der Waals surface area contributed by atoms with Gasteiger partial charge in [0, 0.05) is 20.2 Å². The molecule has 0 fully saturated rings. The number of carbonyl (C=O) groups is 1. The van der Waals surface area contributed by atoms with Crippen molar-refractivity contribution in [3.05, 3.63) is 29.8 Å². The molecule has 0 aromatic heterocycles. The van der Waals surface area contributed by atoms with Crippen LogP contribution in [-0.4, -0.2) is 38.4 Å². The summed E-state index contributed by atoms with van der Waals surface area (Å²) in [4.78, 5) is 11.6. The highest BCUT2D eigenvalue weighted by molar-refractivity contribution is 5.76. The summed E-state index contributed by atoms with van der Waals surface area (Å²) in [6, 6.07) is 6.02. The van der Waals surface area contributed by atoms with E-state index in [0.717, 1.165) is 5.56 Å². The molecule has 0 heterocycles. The van der Waals surface area contributed by atoms with E-state index >= 15 is 0 Å². The maximum atomic E-state index is 12.0. The number of benzene rings is 1. The number of hydrogen-bond donors (Lipinski definition) is 2. The Hall–Kier alpha value is -1.80. The summed E-state index contributed by atoms with van der Waals surface area (Å²) in [6.07, 6.45) is -4.55. The molecule has 1 aromatic rings. The number of alkyl halides is 3. The van der Waals surface area contributed by atoms with Gasteiger partial charge in [-0.3, -0.25) is 4.79 Å². The quantitative estimate of drug-likeness (QED) is 0.763. The highest BCUT2D eigenvalue weighted by Crippen LogP contribution is 2.18. The Morgan fingerprint density at radius 1 is 1.32 bits per heavy atom. The van der Waals surface area contributed by atoms with E-state index < -0.39 is 12.8 Å². The van der Waals surface area contributed by atoms with Crippen LogP contribution in [0.25, 0.3) is 0 Å². The molecular weight excluding hydrogens is 301 g/mol. The second-order valence-electron chi connectivity index (χ2n) is 4.62. The topological polar surface area (TPSA) is 73.6 Å². The molecular formula is C14H19F3N2O3. The van der Waals surface area contributed by atoms with Crippen LogP contribution in [0.15, 0.2) is 24.3 Å². The lowest BCUT2D eigenvalue weighted by molar-refractivity contribution is -0.153. The molecule has 0 spiro atoms. The van der Waals surface area contributed by atoms with Crippen molar-refractivity contribution in [1.82, 2.24) is 5.32 Å². The largest absolute Gasteiger partial charge is 0.484 e. The average Bonchev–Trinajstić information content (AvgIpc) is 2.48. The highest BCUT2D eigenvalue weighted by atomic mass is 19.4. The first-order valence-electron chi connectivity index (χ1n) is 6.62. The Kier molecular flexibility index (Phi) is 7.13. The predicted molar refractivity (Wildman–Crippen MR) is 74.3 cm³/mol. The van der Waals surface area contributed by atoms with Crippen LogP contribution in [0.2, 0.25) is 0 Å². The van der Waals surface area contributed by atoms with Crippen molar-refractivity contribution in [2.24, 2.45) is 5.73 Å². The molecule has 1 amide bonds. The summed E-state index contributed by atoms with van der Waals surface area (Å²) in [5.41, 5.74) is 6.16. The fraction of sp³-hybridized carbons (Fsp3) is 0.500. The molecule has 8 heteroatoms. The minimum absolute atomic E-state index is 0.120. The third-order valence-electron chi connectivity index (χ3n) is 2.82. The molecule has 5 nitrogen and oxygen atoms in total. The van der Waals surface area contributed by atoms with Gasteiger partial charge in [-0.2, -0.15) is 13.2 Å². The molecule has 3 N–H and O–H groups in total. The van der Waals surface area contributed by atoms with Crippen LogP contribution in [0.5, 0.6) is 5.75 Å². The normalized spacial score (nSPS) is 12.8. The van der Waals surface area contributed by atoms with E-state index in [-0.39, 0.29) is 37.3 Å². The smallest absolute Gasteiger partial charge is 0.422 e. The zero-order chi connectivity index (χ0) is 16.6. The van der Waals surface area contributed by atoms with Crippen LogP contribution in [0.1, 0.15) is 12.0 Å². The third kappa shape index (κ3) is 7.28. The van der Waals surface area contributed by atoms with Crippen molar-refractivity contribution in [3.8, 4) is 5.75 Å². The van der Waals surface area contributed by atoms with Crippen molar-refractivity contribution in [3.63, 3.8) is 0 Å². The Morgan fingerprint density at radius 2 is 1.95 bits per heavy atom. The minimum Gasteiger partial charge on any atom is -0.484 e. The van der Waals surface area contributed by atoms with E-state index in [1.807, 2.05) is 0 Å². The van der Waals surface area contributed by atoms with Gasteiger partial charge in [-0.05, 0) is 17.7 Å². The molecule has 0 bridgehead atoms. The van der Waals surface area contributed by atoms with Crippen molar-refractivity contribution >= 4 is 5.91 Å². The van der Waals surface area contributed by atoms with Gasteiger partial charge < -0.3 is 20.5 Å². The monoisotopic (exact) mass is 320 g/mol. The summed E-state index contributed by atoms with van der Waals surface area (Å²) >= 11 is 0. The average molecular weight is 320 g/mol. The van der Waals surface area contributed by atoms with Gasteiger partial charge in [-0.1, -0.05) is 12.1 Å². The molecule has 0 saturated heterocycles. The standard InChI is InChI=1S/C14H19F3N2O3/c1-21-12(7-18)6-13(20)19-8-10-2-4-11(5-3-10)22-9-14(15,16)17/h2-5,12H,6-9,18H2,1H3,(H,19,20). The Labute approximate surface area is 126 Å². The number of nitrogens with two attached hydrogens (primary N) is 1. The number of halogens is 3. The maximum Gasteiger partial charge on any atom is 0.422 e. The summed E-state index contributed by atoms with van der Waals surface area (Å²) < 4.78 is 45.6. The van der Waals surface area contributed by atoms with Gasteiger partial charge in [0.25, 0.3) is 0 Å². The van der Waals surface area contributed by atoms with E-state index in [1.54, 1.807) is 12.1 Å². The zero-order valence-electron chi connectivity index (χ0n) is 12.2. The second-order valence-corrected chi connectivity index (χ2v) is 4.62. The van der Waals surface area contributed by atoms with E-state index in [1.165, 1.54) is 19.2 Å². The van der Waals surface area contributed by atoms with Crippen molar-refractivity contribution in [2.75, 3.05) is 20.3 Å². The number of carbonyl (C=O) groups excluding carboxylic acids is 1. The minimum atomic E-state index is -4.37. The van der Waals surface area contributed by atoms with Gasteiger partial charge >= 0.3 is 6.18 Å². The fourth-order valence-corrected chi connectivity index (χ4v) is 1.61. The first-order valence-corrected chi connectivity index (χ1v) is 6.62. The SMILES string of the molecule is COC(CN)CC(=O)NCc1ccc(OCC(F)(F)F)cc1. The van der Waals surface area contributed by atoms with Gasteiger partial charge in [-0.15, -0.1) is 0 Å². The van der Waals surface area contributed by atoms with Crippen LogP contribution in [-0.2, 0) is 16.1 Å². The van der Waals surface area contributed by atoms with Gasteiger partial charge in [0.2, 0.25) is 5.91 Å². The molecule has 22 heavy (non-hydrogen) atoms. The maximum absolute atomic E-state index is 12.0. The molecule has 1 aromatic carbocycles. The number of ether oxygens (including phenoxy) is 2. The van der Waals surface area contributed by atoms with E-state index in [9.17, 15) is 18.0 Å². The van der Waals surface area contributed by atoms with Gasteiger partial charge in [-0.25, -0.2) is 0 Å². The number of hydrogen-bond acceptors (Lipinski definition) is 4. The lowest BCUT2D eigenvalue weighted by Gasteiger charge is -2.13. The van der Waals surface area contributed by atoms with Gasteiger partial charge in [0.05, 0.1) is 12.5 Å². The summed E-state index contributed by atoms with van der Waals surface area (Å²) in [5, 5.41) is 2.68. The summed E-state index contributed by atoms with van der Waals surface area (Å²) in [6.45, 7) is -0.824. The van der Waals surface area contributed by atoms with Crippen LogP contribution in [0, 0.1) is 0 Å². The van der Waals surface area contributed by atoms with Crippen molar-refractivity contribution in [1.29, 1.82) is 0 Å². The van der Waals surface area contributed by atoms with E-state index in [4.69, 9.17) is 10.5 Å². The molecule has 0 aliphatic carbocycles. The molecule has 0 saturated carbocycles. The van der Waals surface area contributed by atoms with Gasteiger partial charge in [0.15, 0.2) is 6.61 Å². The Balaban J connectivity index is 2.39. The summed E-state index contributed by atoms with van der Waals surface area (Å²) in [7, 11) is 1.48. The lowest BCUT2D eigenvalue weighted by atomic mass is 10.2. The molecule has 0 radical (unpaired) electrons. The number of rotatable bonds is 8. The lowest BCUT2D eigenvalue weighted by Crippen LogP contribution is -2.31. The Bertz CT molecular complexity index is 459. The zero-order valence-corrected chi connectivity index (χ0v) is 12.2. The van der Waals surface area contributed by atoms with E-state index in [0.29, 0.717) is 0 Å². The van der Waals surface area contributed by atoms with Crippen molar-refractivity contribution in [2.45, 2.75) is 25.2 Å². The molecule has 0 aliphatic heterocycles. The Morgan fingerprint density at radius 3 is 2.45 bits per heavy atom. The third-order valence-corrected chi connectivity index (χ3v) is 2.82. The van der Waals surface area contributed by atoms with Crippen LogP contribution < -0.4 is 15.8 Å². The number of nitrogens with one attached hydrogen (secondary N) is 1. The first kappa shape index (κ1) is 18.2. The van der Waals surface area contributed by atoms with Crippen LogP contribution >= 0.6 is 0 Å². The highest BCUT2D eigenvalue weighted by Gasteiger charge is 2.28. The summed E-state index contributed by atoms with van der Waals surface area (Å²) in [5.74, 6) is -0.0929. The molecule has 1 unspecified atom stereocenters. The fourth-order valence-electron chi connectivity index (χ4n) is 1.61. The molecule has 0 aliphatic rings. The van der Waals surface area contributed by atoms with Crippen molar-refractivity contribution < 1.29 is 27.4 Å². The number of amides is 1. The van der Waals surface area contributed by atoms with E-state index in [2.05, 4.69) is 10.1 Å². The molecule has 124 valence electrons. The van der Waals surface area contributed by atoms with Crippen LogP contribution in [0.3, 0.4) is 0 Å². The molecule has 1 atom stereocenters. The first-order chi connectivity index (χ1) is 10.3. The van der Waals surface area contributed by atoms with Gasteiger partial charge in [0.1, 0.15) is 5.75 Å².